The van der Waals surface area contributed by atoms with Crippen molar-refractivity contribution in [1.82, 2.24) is 0 Å². The van der Waals surface area contributed by atoms with Gasteiger partial charge in [0.15, 0.2) is 6.10 Å². The van der Waals surface area contributed by atoms with Crippen molar-refractivity contribution in [3.8, 4) is 0 Å². The van der Waals surface area contributed by atoms with Crippen LogP contribution >= 0.6 is 35.2 Å². The summed E-state index contributed by atoms with van der Waals surface area (Å²) in [6.07, 6.45) is -0.895. The first-order valence-corrected chi connectivity index (χ1v) is 8.71. The molecule has 0 bridgehead atoms. The highest BCUT2D eigenvalue weighted by Crippen LogP contribution is 2.35. The summed E-state index contributed by atoms with van der Waals surface area (Å²) in [6, 6.07) is 14.6. The van der Waals surface area contributed by atoms with Crippen LogP contribution in [0.3, 0.4) is 0 Å². The minimum absolute atomic E-state index is 0.0111. The second kappa shape index (κ2) is 7.38. The van der Waals surface area contributed by atoms with Crippen LogP contribution in [0.15, 0.2) is 60.2 Å². The number of carbonyl (C=O) groups is 1. The van der Waals surface area contributed by atoms with E-state index in [-0.39, 0.29) is 17.4 Å². The maximum atomic E-state index is 12.5. The van der Waals surface area contributed by atoms with Crippen LogP contribution in [0.5, 0.6) is 0 Å². The number of ether oxygens (including phenoxy) is 1. The maximum absolute atomic E-state index is 12.5. The van der Waals surface area contributed by atoms with E-state index in [4.69, 9.17) is 37.9 Å². The monoisotopic (exact) mass is 381 g/mol. The molecule has 0 saturated carbocycles. The van der Waals surface area contributed by atoms with Gasteiger partial charge in [-0.25, -0.2) is 0 Å². The highest BCUT2D eigenvalue weighted by Gasteiger charge is 2.37. The minimum Gasteiger partial charge on any atom is -0.460 e. The molecule has 0 amide bonds. The number of Topliss-reactive ketones (excluding diaryl/α,β-unsaturated/α-hetero) is 1. The smallest absolute Gasteiger partial charge is 0.249 e. The first-order valence-electron chi connectivity index (χ1n) is 7.04. The Hall–Kier alpha value is -1.82. The van der Waals surface area contributed by atoms with Gasteiger partial charge in [-0.2, -0.15) is 0 Å². The molecule has 1 unspecified atom stereocenters. The molecule has 0 aromatic heterocycles. The SMILES string of the molecule is NC1=C(OSCc2ccccc2)C(=O)C(c2cc(Cl)cc(Cl)c2)O1. The van der Waals surface area contributed by atoms with Crippen molar-refractivity contribution in [1.29, 1.82) is 0 Å². The molecule has 0 saturated heterocycles. The Morgan fingerprint density at radius 1 is 1.12 bits per heavy atom. The number of nitrogens with two attached hydrogens (primary N) is 1. The first-order chi connectivity index (χ1) is 11.5. The van der Waals surface area contributed by atoms with E-state index < -0.39 is 6.10 Å². The number of carbonyl (C=O) groups excluding carboxylic acids is 1. The molecule has 2 aromatic rings. The van der Waals surface area contributed by atoms with Crippen LogP contribution in [0.25, 0.3) is 0 Å². The van der Waals surface area contributed by atoms with E-state index in [1.165, 1.54) is 0 Å². The fourth-order valence-corrected chi connectivity index (χ4v) is 3.45. The Balaban J connectivity index is 1.67. The number of hydrogen-bond donors (Lipinski definition) is 1. The number of ketones is 1. The lowest BCUT2D eigenvalue weighted by Crippen LogP contribution is -2.10. The van der Waals surface area contributed by atoms with Gasteiger partial charge in [0.1, 0.15) is 0 Å². The quantitative estimate of drug-likeness (QED) is 0.765. The molecule has 0 radical (unpaired) electrons. The lowest BCUT2D eigenvalue weighted by Gasteiger charge is -2.10. The summed E-state index contributed by atoms with van der Waals surface area (Å²) in [7, 11) is 0. The van der Waals surface area contributed by atoms with Crippen LogP contribution in [-0.2, 0) is 19.5 Å². The number of benzene rings is 2. The Kier molecular flexibility index (Phi) is 5.23. The molecule has 1 aliphatic rings. The van der Waals surface area contributed by atoms with Crippen molar-refractivity contribution in [2.24, 2.45) is 5.73 Å². The van der Waals surface area contributed by atoms with Crippen molar-refractivity contribution in [3.05, 3.63) is 81.3 Å². The number of halogens is 2. The molecule has 24 heavy (non-hydrogen) atoms. The van der Waals surface area contributed by atoms with Gasteiger partial charge in [0.05, 0.1) is 17.8 Å². The van der Waals surface area contributed by atoms with E-state index in [0.717, 1.165) is 17.6 Å². The topological polar surface area (TPSA) is 61.5 Å². The third-order valence-electron chi connectivity index (χ3n) is 3.33. The zero-order valence-corrected chi connectivity index (χ0v) is 14.7. The molecule has 4 nitrogen and oxygen atoms in total. The highest BCUT2D eigenvalue weighted by atomic mass is 35.5. The summed E-state index contributed by atoms with van der Waals surface area (Å²) in [5, 5.41) is 0.834. The van der Waals surface area contributed by atoms with Crippen molar-refractivity contribution < 1.29 is 13.7 Å². The third kappa shape index (κ3) is 3.80. The molecule has 3 rings (SSSR count). The first kappa shape index (κ1) is 17.0. The van der Waals surface area contributed by atoms with E-state index in [0.29, 0.717) is 21.4 Å². The van der Waals surface area contributed by atoms with Gasteiger partial charge < -0.3 is 14.7 Å². The maximum Gasteiger partial charge on any atom is 0.249 e. The van der Waals surface area contributed by atoms with Crippen LogP contribution in [0.1, 0.15) is 17.2 Å². The normalized spacial score (nSPS) is 17.1. The van der Waals surface area contributed by atoms with Gasteiger partial charge in [-0.15, -0.1) is 0 Å². The minimum atomic E-state index is -0.895. The van der Waals surface area contributed by atoms with Crippen LogP contribution in [-0.4, -0.2) is 5.78 Å². The van der Waals surface area contributed by atoms with Crippen LogP contribution in [0.2, 0.25) is 10.0 Å². The van der Waals surface area contributed by atoms with Crippen molar-refractivity contribution in [3.63, 3.8) is 0 Å². The molecule has 2 N–H and O–H groups in total. The lowest BCUT2D eigenvalue weighted by molar-refractivity contribution is -0.122. The predicted molar refractivity (Wildman–Crippen MR) is 95.3 cm³/mol. The molecule has 0 aliphatic carbocycles. The molecule has 1 aliphatic heterocycles. The molecule has 7 heteroatoms. The second-order valence-corrected chi connectivity index (χ2v) is 6.65. The summed E-state index contributed by atoms with van der Waals surface area (Å²) in [4.78, 5) is 12.5. The van der Waals surface area contributed by atoms with Crippen molar-refractivity contribution in [2.75, 3.05) is 0 Å². The molecule has 0 fully saturated rings. The summed E-state index contributed by atoms with van der Waals surface area (Å²) >= 11 is 13.1. The Morgan fingerprint density at radius 3 is 2.46 bits per heavy atom. The van der Waals surface area contributed by atoms with Gasteiger partial charge in [-0.3, -0.25) is 4.79 Å². The number of rotatable bonds is 5. The summed E-state index contributed by atoms with van der Waals surface area (Å²) in [5.41, 5.74) is 7.39. The van der Waals surface area contributed by atoms with E-state index in [1.54, 1.807) is 18.2 Å². The zero-order chi connectivity index (χ0) is 17.1. The predicted octanol–water partition coefficient (Wildman–Crippen LogP) is 4.63. The standard InChI is InChI=1S/C17H13Cl2NO3S/c18-12-6-11(7-13(19)8-12)15-14(21)16(17(20)22-15)23-24-9-10-4-2-1-3-5-10/h1-8,15H,9,20H2. The van der Waals surface area contributed by atoms with Crippen LogP contribution < -0.4 is 5.73 Å². The Morgan fingerprint density at radius 2 is 1.79 bits per heavy atom. The molecule has 2 aromatic carbocycles. The molecule has 1 heterocycles. The summed E-state index contributed by atoms with van der Waals surface area (Å²) in [5.74, 6) is 0.198. The van der Waals surface area contributed by atoms with E-state index in [2.05, 4.69) is 0 Å². The van der Waals surface area contributed by atoms with Crippen molar-refractivity contribution in [2.45, 2.75) is 11.9 Å². The molecular formula is C17H13Cl2NO3S. The molecular weight excluding hydrogens is 369 g/mol. The summed E-state index contributed by atoms with van der Waals surface area (Å²) in [6.45, 7) is 0. The van der Waals surface area contributed by atoms with E-state index in [9.17, 15) is 4.79 Å². The Labute approximate surface area is 153 Å². The van der Waals surface area contributed by atoms with Gasteiger partial charge in [-0.05, 0) is 23.8 Å². The molecule has 0 spiro atoms. The average Bonchev–Trinajstić information content (AvgIpc) is 2.83. The van der Waals surface area contributed by atoms with Crippen LogP contribution in [0, 0.1) is 0 Å². The van der Waals surface area contributed by atoms with Gasteiger partial charge in [0.25, 0.3) is 0 Å². The van der Waals surface area contributed by atoms with E-state index >= 15 is 0 Å². The van der Waals surface area contributed by atoms with E-state index in [1.807, 2.05) is 30.3 Å². The second-order valence-electron chi connectivity index (χ2n) is 5.09. The lowest BCUT2D eigenvalue weighted by atomic mass is 10.1. The fourth-order valence-electron chi connectivity index (χ4n) is 2.23. The van der Waals surface area contributed by atoms with Crippen LogP contribution in [0.4, 0.5) is 0 Å². The van der Waals surface area contributed by atoms with Gasteiger partial charge in [-0.1, -0.05) is 53.5 Å². The van der Waals surface area contributed by atoms with Gasteiger partial charge >= 0.3 is 0 Å². The van der Waals surface area contributed by atoms with Gasteiger partial charge in [0.2, 0.25) is 17.4 Å². The fraction of sp³-hybridized carbons (Fsp3) is 0.118. The molecule has 124 valence electrons. The zero-order valence-electron chi connectivity index (χ0n) is 12.4. The van der Waals surface area contributed by atoms with Gasteiger partial charge in [0, 0.05) is 15.6 Å². The largest absolute Gasteiger partial charge is 0.460 e. The highest BCUT2D eigenvalue weighted by molar-refractivity contribution is 7.94. The summed E-state index contributed by atoms with van der Waals surface area (Å²) < 4.78 is 10.9. The number of hydrogen-bond acceptors (Lipinski definition) is 5. The third-order valence-corrected chi connectivity index (χ3v) is 4.50. The van der Waals surface area contributed by atoms with Crippen molar-refractivity contribution >= 4 is 41.0 Å². The Bertz CT molecular complexity index is 775. The average molecular weight is 382 g/mol. The molecule has 1 atom stereocenters.